The molecule has 6 nitrogen and oxygen atoms in total. The zero-order chi connectivity index (χ0) is 17.8. The molecule has 0 amide bonds. The number of aromatic nitrogens is 3. The van der Waals surface area contributed by atoms with E-state index < -0.39 is 6.10 Å². The van der Waals surface area contributed by atoms with Gasteiger partial charge >= 0.3 is 0 Å². The van der Waals surface area contributed by atoms with Crippen molar-refractivity contribution in [2.45, 2.75) is 50.8 Å². The highest BCUT2D eigenvalue weighted by Gasteiger charge is 2.25. The van der Waals surface area contributed by atoms with Crippen LogP contribution in [-0.2, 0) is 11.3 Å². The Morgan fingerprint density at radius 2 is 1.81 bits per heavy atom. The van der Waals surface area contributed by atoms with Crippen LogP contribution in [0.3, 0.4) is 0 Å². The fourth-order valence-corrected chi connectivity index (χ4v) is 3.96. The molecule has 1 N–H and O–H groups in total. The molecule has 1 atom stereocenters. The number of aliphatic hydroxyl groups excluding tert-OH is 1. The van der Waals surface area contributed by atoms with Gasteiger partial charge in [-0.3, -0.25) is 4.90 Å². The number of benzene rings is 1. The predicted octanol–water partition coefficient (Wildman–Crippen LogP) is 2.70. The van der Waals surface area contributed by atoms with E-state index in [1.54, 1.807) is 0 Å². The molecule has 2 aromatic rings. The van der Waals surface area contributed by atoms with Crippen molar-refractivity contribution in [2.75, 3.05) is 26.3 Å². The summed E-state index contributed by atoms with van der Waals surface area (Å²) in [5.41, 5.74) is 0.839. The van der Waals surface area contributed by atoms with E-state index in [9.17, 15) is 5.11 Å². The maximum absolute atomic E-state index is 10.8. The Balaban J connectivity index is 1.60. The minimum absolute atomic E-state index is 0.406. The Labute approximate surface area is 154 Å². The van der Waals surface area contributed by atoms with E-state index in [2.05, 4.69) is 9.58 Å². The van der Waals surface area contributed by atoms with Crippen molar-refractivity contribution >= 4 is 0 Å². The summed E-state index contributed by atoms with van der Waals surface area (Å²) in [6, 6.07) is 10.1. The van der Waals surface area contributed by atoms with Crippen LogP contribution in [0.15, 0.2) is 30.3 Å². The van der Waals surface area contributed by atoms with Crippen LogP contribution in [0.4, 0.5) is 0 Å². The number of ether oxygens (including phenoxy) is 1. The van der Waals surface area contributed by atoms with Crippen molar-refractivity contribution < 1.29 is 9.84 Å². The van der Waals surface area contributed by atoms with Crippen molar-refractivity contribution in [3.05, 3.63) is 47.5 Å². The molecule has 1 unspecified atom stereocenters. The molecule has 1 aliphatic carbocycles. The third kappa shape index (κ3) is 3.98. The van der Waals surface area contributed by atoms with Crippen LogP contribution in [-0.4, -0.2) is 51.1 Å². The van der Waals surface area contributed by atoms with E-state index >= 15 is 0 Å². The second-order valence-corrected chi connectivity index (χ2v) is 7.32. The average Bonchev–Trinajstić information content (AvgIpc) is 3.13. The first-order valence-corrected chi connectivity index (χ1v) is 9.79. The number of morpholine rings is 1. The third-order valence-electron chi connectivity index (χ3n) is 5.47. The van der Waals surface area contributed by atoms with Gasteiger partial charge in [-0.05, 0) is 18.4 Å². The van der Waals surface area contributed by atoms with E-state index in [-0.39, 0.29) is 0 Å². The van der Waals surface area contributed by atoms with Crippen LogP contribution in [0.5, 0.6) is 0 Å². The Morgan fingerprint density at radius 3 is 2.54 bits per heavy atom. The van der Waals surface area contributed by atoms with Gasteiger partial charge in [0.15, 0.2) is 5.82 Å². The third-order valence-corrected chi connectivity index (χ3v) is 5.47. The van der Waals surface area contributed by atoms with Gasteiger partial charge in [-0.25, -0.2) is 9.67 Å². The minimum Gasteiger partial charge on any atom is -0.380 e. The minimum atomic E-state index is -0.774. The molecule has 0 bridgehead atoms. The normalized spacial score (nSPS) is 21.0. The smallest absolute Gasteiger partial charge is 0.184 e. The Hall–Kier alpha value is -1.76. The molecular formula is C20H28N4O2. The van der Waals surface area contributed by atoms with E-state index in [0.717, 1.165) is 57.1 Å². The van der Waals surface area contributed by atoms with Crippen LogP contribution in [0.25, 0.3) is 0 Å². The van der Waals surface area contributed by atoms with E-state index in [0.29, 0.717) is 11.9 Å². The highest BCUT2D eigenvalue weighted by molar-refractivity contribution is 5.22. The monoisotopic (exact) mass is 356 g/mol. The maximum atomic E-state index is 10.8. The fourth-order valence-electron chi connectivity index (χ4n) is 3.96. The molecular weight excluding hydrogens is 328 g/mol. The second-order valence-electron chi connectivity index (χ2n) is 7.32. The standard InChI is InChI=1S/C20H28N4O2/c25-19(16-7-3-1-4-8-16)20-21-18(15-23-11-13-26-14-12-23)24(22-20)17-9-5-2-6-10-17/h1,3-4,7-8,17,19,25H,2,5-6,9-15H2. The lowest BCUT2D eigenvalue weighted by molar-refractivity contribution is 0.0320. The highest BCUT2D eigenvalue weighted by Crippen LogP contribution is 2.30. The summed E-state index contributed by atoms with van der Waals surface area (Å²) in [5.74, 6) is 1.49. The Morgan fingerprint density at radius 1 is 1.08 bits per heavy atom. The number of aliphatic hydroxyl groups is 1. The Kier molecular flexibility index (Phi) is 5.62. The average molecular weight is 356 g/mol. The molecule has 1 aliphatic heterocycles. The summed E-state index contributed by atoms with van der Waals surface area (Å²) < 4.78 is 7.57. The lowest BCUT2D eigenvalue weighted by atomic mass is 9.95. The van der Waals surface area contributed by atoms with Crippen LogP contribution >= 0.6 is 0 Å². The molecule has 2 fully saturated rings. The molecule has 1 saturated heterocycles. The quantitative estimate of drug-likeness (QED) is 0.892. The molecule has 0 radical (unpaired) electrons. The van der Waals surface area contributed by atoms with Crippen molar-refractivity contribution in [3.8, 4) is 0 Å². The van der Waals surface area contributed by atoms with Gasteiger partial charge in [0, 0.05) is 13.1 Å². The maximum Gasteiger partial charge on any atom is 0.184 e. The summed E-state index contributed by atoms with van der Waals surface area (Å²) >= 11 is 0. The lowest BCUT2D eigenvalue weighted by Gasteiger charge is -2.28. The number of rotatable bonds is 5. The SMILES string of the molecule is OC(c1ccccc1)c1nc(CN2CCOCC2)n(C2CCCCC2)n1. The van der Waals surface area contributed by atoms with Crippen LogP contribution < -0.4 is 0 Å². The Bertz CT molecular complexity index is 691. The summed E-state index contributed by atoms with van der Waals surface area (Å²) in [5, 5.41) is 15.5. The van der Waals surface area contributed by atoms with Gasteiger partial charge < -0.3 is 9.84 Å². The van der Waals surface area contributed by atoms with Crippen molar-refractivity contribution in [3.63, 3.8) is 0 Å². The van der Waals surface area contributed by atoms with Crippen molar-refractivity contribution in [1.29, 1.82) is 0 Å². The number of hydrogen-bond acceptors (Lipinski definition) is 5. The molecule has 26 heavy (non-hydrogen) atoms. The lowest BCUT2D eigenvalue weighted by Crippen LogP contribution is -2.36. The van der Waals surface area contributed by atoms with Gasteiger partial charge in [0.05, 0.1) is 25.8 Å². The van der Waals surface area contributed by atoms with Crippen molar-refractivity contribution in [2.24, 2.45) is 0 Å². The first-order chi connectivity index (χ1) is 12.8. The van der Waals surface area contributed by atoms with Crippen molar-refractivity contribution in [1.82, 2.24) is 19.7 Å². The van der Waals surface area contributed by atoms with Gasteiger partial charge in [-0.2, -0.15) is 5.10 Å². The number of nitrogens with zero attached hydrogens (tertiary/aromatic N) is 4. The van der Waals surface area contributed by atoms with Gasteiger partial charge in [0.25, 0.3) is 0 Å². The van der Waals surface area contributed by atoms with Crippen LogP contribution in [0, 0.1) is 0 Å². The highest BCUT2D eigenvalue weighted by atomic mass is 16.5. The summed E-state index contributed by atoms with van der Waals surface area (Å²) in [6.45, 7) is 4.17. The number of hydrogen-bond donors (Lipinski definition) is 1. The molecule has 1 aromatic carbocycles. The second kappa shape index (κ2) is 8.29. The molecule has 0 spiro atoms. The fraction of sp³-hybridized carbons (Fsp3) is 0.600. The molecule has 6 heteroatoms. The molecule has 1 aromatic heterocycles. The largest absolute Gasteiger partial charge is 0.380 e. The summed E-state index contributed by atoms with van der Waals surface area (Å²) in [4.78, 5) is 7.14. The van der Waals surface area contributed by atoms with Gasteiger partial charge in [0.1, 0.15) is 11.9 Å². The van der Waals surface area contributed by atoms with Gasteiger partial charge in [-0.15, -0.1) is 0 Å². The zero-order valence-corrected chi connectivity index (χ0v) is 15.3. The molecule has 1 saturated carbocycles. The van der Waals surface area contributed by atoms with Gasteiger partial charge in [0.2, 0.25) is 0 Å². The molecule has 2 heterocycles. The molecule has 140 valence electrons. The zero-order valence-electron chi connectivity index (χ0n) is 15.3. The first kappa shape index (κ1) is 17.6. The van der Waals surface area contributed by atoms with E-state index in [1.165, 1.54) is 19.3 Å². The predicted molar refractivity (Wildman–Crippen MR) is 98.7 cm³/mol. The summed E-state index contributed by atoms with van der Waals surface area (Å²) in [6.07, 6.45) is 5.34. The van der Waals surface area contributed by atoms with E-state index in [4.69, 9.17) is 14.8 Å². The first-order valence-electron chi connectivity index (χ1n) is 9.79. The van der Waals surface area contributed by atoms with Gasteiger partial charge in [-0.1, -0.05) is 49.6 Å². The molecule has 4 rings (SSSR count). The van der Waals surface area contributed by atoms with Crippen LogP contribution in [0.2, 0.25) is 0 Å². The molecule has 2 aliphatic rings. The summed E-state index contributed by atoms with van der Waals surface area (Å²) in [7, 11) is 0. The van der Waals surface area contributed by atoms with E-state index in [1.807, 2.05) is 30.3 Å². The topological polar surface area (TPSA) is 63.4 Å². The van der Waals surface area contributed by atoms with Crippen LogP contribution in [0.1, 0.15) is 61.5 Å².